The van der Waals surface area contributed by atoms with Crippen LogP contribution in [-0.4, -0.2) is 35.9 Å². The number of nitrogens with zero attached hydrogens (tertiary/aromatic N) is 1. The van der Waals surface area contributed by atoms with Gasteiger partial charge in [-0.3, -0.25) is 14.5 Å². The molecule has 2 aliphatic rings. The summed E-state index contributed by atoms with van der Waals surface area (Å²) in [5.74, 6) is -0.952. The van der Waals surface area contributed by atoms with Gasteiger partial charge in [0.1, 0.15) is 6.10 Å². The zero-order valence-corrected chi connectivity index (χ0v) is 16.3. The molecule has 2 fully saturated rings. The Balaban J connectivity index is 1.36. The third kappa shape index (κ3) is 4.37. The van der Waals surface area contributed by atoms with Crippen LogP contribution >= 0.6 is 11.6 Å². The van der Waals surface area contributed by atoms with Gasteiger partial charge in [0, 0.05) is 30.7 Å². The van der Waals surface area contributed by atoms with Crippen molar-refractivity contribution in [3.8, 4) is 0 Å². The maximum absolute atomic E-state index is 12.9. The molecule has 0 radical (unpaired) electrons. The zero-order chi connectivity index (χ0) is 19.5. The number of rotatable bonds is 5. The minimum absolute atomic E-state index is 0.0952. The summed E-state index contributed by atoms with van der Waals surface area (Å²) >= 11 is 5.94. The number of carbonyl (C=O) groups excluding carboxylic acids is 2. The Morgan fingerprint density at radius 1 is 1.14 bits per heavy atom. The molecular weight excluding hydrogens is 376 g/mol. The van der Waals surface area contributed by atoms with Crippen molar-refractivity contribution in [2.75, 3.05) is 13.1 Å². The van der Waals surface area contributed by atoms with E-state index in [1.165, 1.54) is 5.56 Å². The Kier molecular flexibility index (Phi) is 5.64. The van der Waals surface area contributed by atoms with Crippen LogP contribution in [0.1, 0.15) is 30.1 Å². The molecule has 0 unspecified atom stereocenters. The number of hydrogen-bond acceptors (Lipinski definition) is 4. The van der Waals surface area contributed by atoms with Gasteiger partial charge in [-0.15, -0.1) is 0 Å². The summed E-state index contributed by atoms with van der Waals surface area (Å²) in [6.07, 6.45) is 0.470. The fraction of sp³-hybridized carbons (Fsp3) is 0.364. The van der Waals surface area contributed by atoms with Gasteiger partial charge in [-0.2, -0.15) is 0 Å². The van der Waals surface area contributed by atoms with Gasteiger partial charge in [-0.1, -0.05) is 54.1 Å². The first-order valence-corrected chi connectivity index (χ1v) is 9.98. The first kappa shape index (κ1) is 19.0. The highest BCUT2D eigenvalue weighted by Gasteiger charge is 2.41. The van der Waals surface area contributed by atoms with Crippen LogP contribution in [-0.2, 0) is 20.9 Å². The van der Waals surface area contributed by atoms with Crippen LogP contribution in [0.5, 0.6) is 0 Å². The van der Waals surface area contributed by atoms with Crippen LogP contribution in [0.4, 0.5) is 0 Å². The van der Waals surface area contributed by atoms with E-state index in [4.69, 9.17) is 16.3 Å². The molecular formula is C22H23ClN2O3. The van der Waals surface area contributed by atoms with Crippen molar-refractivity contribution in [3.63, 3.8) is 0 Å². The highest BCUT2D eigenvalue weighted by molar-refractivity contribution is 6.30. The normalized spacial score (nSPS) is 24.9. The van der Waals surface area contributed by atoms with Gasteiger partial charge >= 0.3 is 5.97 Å². The molecule has 1 amide bonds. The molecule has 0 saturated carbocycles. The second-order valence-electron chi connectivity index (χ2n) is 7.49. The molecule has 2 saturated heterocycles. The van der Waals surface area contributed by atoms with E-state index in [1.54, 1.807) is 12.1 Å². The lowest BCUT2D eigenvalue weighted by molar-refractivity contribution is -0.141. The molecule has 2 aliphatic heterocycles. The highest BCUT2D eigenvalue weighted by Crippen LogP contribution is 2.36. The van der Waals surface area contributed by atoms with Crippen LogP contribution in [0, 0.1) is 5.92 Å². The molecule has 5 nitrogen and oxygen atoms in total. The molecule has 3 atom stereocenters. The second kappa shape index (κ2) is 8.33. The van der Waals surface area contributed by atoms with Gasteiger partial charge in [0.2, 0.25) is 5.91 Å². The van der Waals surface area contributed by atoms with Crippen LogP contribution < -0.4 is 5.32 Å². The predicted octanol–water partition coefficient (Wildman–Crippen LogP) is 3.33. The zero-order valence-electron chi connectivity index (χ0n) is 15.5. The van der Waals surface area contributed by atoms with Crippen molar-refractivity contribution in [1.82, 2.24) is 10.2 Å². The average molecular weight is 399 g/mol. The molecule has 1 N–H and O–H groups in total. The Morgan fingerprint density at radius 2 is 1.89 bits per heavy atom. The molecule has 2 heterocycles. The minimum atomic E-state index is -0.549. The van der Waals surface area contributed by atoms with Gasteiger partial charge < -0.3 is 10.1 Å². The molecule has 0 aromatic heterocycles. The van der Waals surface area contributed by atoms with Crippen LogP contribution in [0.2, 0.25) is 5.02 Å². The fourth-order valence-corrected chi connectivity index (χ4v) is 4.11. The number of amides is 1. The van der Waals surface area contributed by atoms with Crippen molar-refractivity contribution >= 4 is 23.5 Å². The van der Waals surface area contributed by atoms with Gasteiger partial charge in [0.15, 0.2) is 0 Å². The van der Waals surface area contributed by atoms with Crippen molar-refractivity contribution in [1.29, 1.82) is 0 Å². The smallest absolute Gasteiger partial charge is 0.307 e. The van der Waals surface area contributed by atoms with E-state index in [1.807, 2.05) is 30.3 Å². The van der Waals surface area contributed by atoms with E-state index in [2.05, 4.69) is 22.3 Å². The number of ether oxygens (including phenoxy) is 1. The van der Waals surface area contributed by atoms with E-state index in [0.717, 1.165) is 31.6 Å². The number of halogens is 1. The molecule has 28 heavy (non-hydrogen) atoms. The van der Waals surface area contributed by atoms with Crippen LogP contribution in [0.3, 0.4) is 0 Å². The molecule has 0 aliphatic carbocycles. The Labute approximate surface area is 169 Å². The molecule has 2 aromatic carbocycles. The van der Waals surface area contributed by atoms with Crippen molar-refractivity contribution in [3.05, 3.63) is 70.7 Å². The minimum Gasteiger partial charge on any atom is -0.457 e. The van der Waals surface area contributed by atoms with E-state index < -0.39 is 12.0 Å². The SMILES string of the molecule is O=C1C[C@H](C(=O)N[C@H]2CCN(Cc3ccccc3)C2)[C@@H](c2ccc(Cl)cc2)O1. The van der Waals surface area contributed by atoms with E-state index in [-0.39, 0.29) is 24.3 Å². The Morgan fingerprint density at radius 3 is 2.64 bits per heavy atom. The van der Waals surface area contributed by atoms with Gasteiger partial charge in [-0.25, -0.2) is 0 Å². The summed E-state index contributed by atoms with van der Waals surface area (Å²) in [6.45, 7) is 2.64. The predicted molar refractivity (Wildman–Crippen MR) is 107 cm³/mol. The molecule has 2 aromatic rings. The summed E-state index contributed by atoms with van der Waals surface area (Å²) in [7, 11) is 0. The molecule has 6 heteroatoms. The first-order valence-electron chi connectivity index (χ1n) is 9.60. The fourth-order valence-electron chi connectivity index (χ4n) is 3.99. The van der Waals surface area contributed by atoms with E-state index in [9.17, 15) is 9.59 Å². The summed E-state index contributed by atoms with van der Waals surface area (Å²) in [5, 5.41) is 3.74. The number of carbonyl (C=O) groups is 2. The monoisotopic (exact) mass is 398 g/mol. The lowest BCUT2D eigenvalue weighted by atomic mass is 9.94. The van der Waals surface area contributed by atoms with Crippen molar-refractivity contribution < 1.29 is 14.3 Å². The number of cyclic esters (lactones) is 1. The lowest BCUT2D eigenvalue weighted by Gasteiger charge is -2.21. The third-order valence-corrected chi connectivity index (χ3v) is 5.67. The average Bonchev–Trinajstić information content (AvgIpc) is 3.29. The highest BCUT2D eigenvalue weighted by atomic mass is 35.5. The molecule has 0 bridgehead atoms. The van der Waals surface area contributed by atoms with Crippen LogP contribution in [0.25, 0.3) is 0 Å². The molecule has 4 rings (SSSR count). The lowest BCUT2D eigenvalue weighted by Crippen LogP contribution is -2.41. The third-order valence-electron chi connectivity index (χ3n) is 5.41. The number of esters is 1. The number of nitrogens with one attached hydrogen (secondary N) is 1. The summed E-state index contributed by atoms with van der Waals surface area (Å²) in [5.41, 5.74) is 2.07. The molecule has 146 valence electrons. The maximum Gasteiger partial charge on any atom is 0.307 e. The summed E-state index contributed by atoms with van der Waals surface area (Å²) in [6, 6.07) is 17.5. The largest absolute Gasteiger partial charge is 0.457 e. The Hall–Kier alpha value is -2.37. The van der Waals surface area contributed by atoms with Crippen molar-refractivity contribution in [2.24, 2.45) is 5.92 Å². The topological polar surface area (TPSA) is 58.6 Å². The first-order chi connectivity index (χ1) is 13.6. The second-order valence-corrected chi connectivity index (χ2v) is 7.92. The maximum atomic E-state index is 12.9. The van der Waals surface area contributed by atoms with Crippen molar-refractivity contribution in [2.45, 2.75) is 31.5 Å². The number of hydrogen-bond donors (Lipinski definition) is 1. The Bertz CT molecular complexity index is 841. The van der Waals surface area contributed by atoms with E-state index >= 15 is 0 Å². The van der Waals surface area contributed by atoms with E-state index in [0.29, 0.717) is 5.02 Å². The number of likely N-dealkylation sites (tertiary alicyclic amines) is 1. The van der Waals surface area contributed by atoms with Crippen LogP contribution in [0.15, 0.2) is 54.6 Å². The quantitative estimate of drug-likeness (QED) is 0.785. The summed E-state index contributed by atoms with van der Waals surface area (Å²) < 4.78 is 5.43. The van der Waals surface area contributed by atoms with Gasteiger partial charge in [0.25, 0.3) is 0 Å². The number of benzene rings is 2. The molecule has 0 spiro atoms. The van der Waals surface area contributed by atoms with Gasteiger partial charge in [0.05, 0.1) is 12.3 Å². The summed E-state index contributed by atoms with van der Waals surface area (Å²) in [4.78, 5) is 27.1. The standard InChI is InChI=1S/C22H23ClN2O3/c23-17-8-6-16(7-9-17)21-19(12-20(26)28-21)22(27)24-18-10-11-25(14-18)13-15-4-2-1-3-5-15/h1-9,18-19,21H,10-14H2,(H,24,27)/t18-,19-,21+/m0/s1. The van der Waals surface area contributed by atoms with Gasteiger partial charge in [-0.05, 0) is 29.7 Å².